The second-order valence-corrected chi connectivity index (χ2v) is 6.90. The number of ether oxygens (including phenoxy) is 1. The highest BCUT2D eigenvalue weighted by Gasteiger charge is 2.18. The van der Waals surface area contributed by atoms with Gasteiger partial charge in [-0.1, -0.05) is 13.3 Å². The molecule has 11 heteroatoms. The highest BCUT2D eigenvalue weighted by atomic mass is 16.6. The van der Waals surface area contributed by atoms with Gasteiger partial charge in [0, 0.05) is 23.4 Å². The van der Waals surface area contributed by atoms with Gasteiger partial charge in [-0.3, -0.25) is 20.0 Å². The van der Waals surface area contributed by atoms with Gasteiger partial charge in [0.1, 0.15) is 0 Å². The van der Waals surface area contributed by atoms with Gasteiger partial charge in [-0.05, 0) is 38.8 Å². The molecule has 0 saturated heterocycles. The smallest absolute Gasteiger partial charge is 0.301 e. The molecular formula is C20H23N7O4. The Bertz CT molecular complexity index is 1180. The van der Waals surface area contributed by atoms with Crippen LogP contribution in [0.1, 0.15) is 36.7 Å². The first-order chi connectivity index (χ1) is 14.8. The number of hydrogen-bond donors (Lipinski definition) is 1. The van der Waals surface area contributed by atoms with Crippen molar-refractivity contribution in [1.29, 1.82) is 0 Å². The standard InChI is InChI=1S/C20H23N7O4/c1-5-6-7-16-12(2)21-20(22-18(16)31-4)26-19(28)17(13(3)25-26)24-23-14-8-10-15(11-9-14)27(29)30/h8-11,25H,5-7H2,1-4H3. The van der Waals surface area contributed by atoms with Crippen LogP contribution in [0.2, 0.25) is 0 Å². The lowest BCUT2D eigenvalue weighted by Crippen LogP contribution is -2.18. The molecule has 3 aromatic rings. The van der Waals surface area contributed by atoms with E-state index in [4.69, 9.17) is 4.74 Å². The summed E-state index contributed by atoms with van der Waals surface area (Å²) in [4.78, 5) is 32.0. The predicted octanol–water partition coefficient (Wildman–Crippen LogP) is 4.25. The summed E-state index contributed by atoms with van der Waals surface area (Å²) < 4.78 is 6.62. The van der Waals surface area contributed by atoms with Gasteiger partial charge in [0.15, 0.2) is 5.69 Å². The molecule has 0 spiro atoms. The number of aromatic nitrogens is 4. The second kappa shape index (κ2) is 9.28. The topological polar surface area (TPSA) is 141 Å². The van der Waals surface area contributed by atoms with E-state index >= 15 is 0 Å². The van der Waals surface area contributed by atoms with E-state index in [-0.39, 0.29) is 17.3 Å². The Balaban J connectivity index is 1.95. The molecule has 0 saturated carbocycles. The zero-order chi connectivity index (χ0) is 22.5. The summed E-state index contributed by atoms with van der Waals surface area (Å²) in [5.74, 6) is 0.587. The van der Waals surface area contributed by atoms with Crippen LogP contribution in [0.3, 0.4) is 0 Å². The van der Waals surface area contributed by atoms with Crippen LogP contribution >= 0.6 is 0 Å². The Morgan fingerprint density at radius 3 is 2.52 bits per heavy atom. The lowest BCUT2D eigenvalue weighted by Gasteiger charge is -2.11. The van der Waals surface area contributed by atoms with Crippen molar-refractivity contribution in [3.8, 4) is 11.8 Å². The largest absolute Gasteiger partial charge is 0.481 e. The van der Waals surface area contributed by atoms with E-state index in [1.807, 2.05) is 6.92 Å². The zero-order valence-electron chi connectivity index (χ0n) is 17.7. The Kier molecular flexibility index (Phi) is 6.53. The minimum absolute atomic E-state index is 0.0528. The summed E-state index contributed by atoms with van der Waals surface area (Å²) in [7, 11) is 1.54. The summed E-state index contributed by atoms with van der Waals surface area (Å²) in [5, 5.41) is 21.7. The molecule has 0 amide bonds. The van der Waals surface area contributed by atoms with Gasteiger partial charge in [-0.15, -0.1) is 5.11 Å². The van der Waals surface area contributed by atoms with Crippen LogP contribution in [0.15, 0.2) is 39.3 Å². The molecule has 0 unspecified atom stereocenters. The summed E-state index contributed by atoms with van der Waals surface area (Å²) >= 11 is 0. The van der Waals surface area contributed by atoms with Crippen molar-refractivity contribution in [3.63, 3.8) is 0 Å². The van der Waals surface area contributed by atoms with Gasteiger partial charge < -0.3 is 4.74 Å². The van der Waals surface area contributed by atoms with Crippen LogP contribution < -0.4 is 10.3 Å². The van der Waals surface area contributed by atoms with Crippen molar-refractivity contribution < 1.29 is 9.66 Å². The van der Waals surface area contributed by atoms with E-state index in [1.165, 1.54) is 36.1 Å². The summed E-state index contributed by atoms with van der Waals surface area (Å²) in [6, 6.07) is 5.54. The number of nitrogens with one attached hydrogen (secondary N) is 1. The molecule has 1 N–H and O–H groups in total. The van der Waals surface area contributed by atoms with Crippen LogP contribution in [-0.2, 0) is 6.42 Å². The number of hydrogen-bond acceptors (Lipinski definition) is 8. The van der Waals surface area contributed by atoms with E-state index < -0.39 is 10.5 Å². The maximum atomic E-state index is 12.9. The maximum absolute atomic E-state index is 12.9. The molecule has 2 heterocycles. The number of nitro groups is 1. The minimum Gasteiger partial charge on any atom is -0.481 e. The lowest BCUT2D eigenvalue weighted by atomic mass is 10.1. The highest BCUT2D eigenvalue weighted by Crippen LogP contribution is 2.24. The number of H-pyrrole nitrogens is 1. The van der Waals surface area contributed by atoms with Crippen molar-refractivity contribution in [2.75, 3.05) is 7.11 Å². The second-order valence-electron chi connectivity index (χ2n) is 6.90. The number of azo groups is 1. The number of nitro benzene ring substituents is 1. The minimum atomic E-state index is -0.500. The Hall–Kier alpha value is -3.89. The number of non-ortho nitro benzene ring substituents is 1. The van der Waals surface area contributed by atoms with Crippen LogP contribution in [0.25, 0.3) is 5.95 Å². The molecule has 11 nitrogen and oxygen atoms in total. The molecule has 0 aliphatic rings. The molecule has 0 atom stereocenters. The van der Waals surface area contributed by atoms with Crippen molar-refractivity contribution >= 4 is 17.1 Å². The monoisotopic (exact) mass is 425 g/mol. The van der Waals surface area contributed by atoms with Gasteiger partial charge in [-0.25, -0.2) is 4.98 Å². The summed E-state index contributed by atoms with van der Waals surface area (Å²) in [6.45, 7) is 5.64. The third-order valence-corrected chi connectivity index (χ3v) is 4.70. The zero-order valence-corrected chi connectivity index (χ0v) is 17.7. The third-order valence-electron chi connectivity index (χ3n) is 4.70. The van der Waals surface area contributed by atoms with Crippen molar-refractivity contribution in [1.82, 2.24) is 19.7 Å². The van der Waals surface area contributed by atoms with Gasteiger partial charge in [-0.2, -0.15) is 14.8 Å². The molecule has 3 rings (SSSR count). The number of nitrogens with zero attached hydrogens (tertiary/aromatic N) is 6. The molecule has 0 aliphatic carbocycles. The van der Waals surface area contributed by atoms with Crippen LogP contribution in [0, 0.1) is 24.0 Å². The molecule has 1 aromatic carbocycles. The highest BCUT2D eigenvalue weighted by molar-refractivity contribution is 5.46. The van der Waals surface area contributed by atoms with Crippen molar-refractivity contribution in [2.45, 2.75) is 40.0 Å². The summed E-state index contributed by atoms with van der Waals surface area (Å²) in [5.41, 5.74) is 2.09. The molecule has 0 fully saturated rings. The molecule has 2 aromatic heterocycles. The Morgan fingerprint density at radius 1 is 1.19 bits per heavy atom. The first-order valence-corrected chi connectivity index (χ1v) is 9.75. The van der Waals surface area contributed by atoms with Gasteiger partial charge >= 0.3 is 5.56 Å². The van der Waals surface area contributed by atoms with Crippen molar-refractivity contribution in [2.24, 2.45) is 10.2 Å². The van der Waals surface area contributed by atoms with Crippen molar-refractivity contribution in [3.05, 3.63) is 61.7 Å². The van der Waals surface area contributed by atoms with Crippen LogP contribution in [-0.4, -0.2) is 31.8 Å². The first kappa shape index (κ1) is 21.8. The molecule has 0 aliphatic heterocycles. The molecule has 0 radical (unpaired) electrons. The Morgan fingerprint density at radius 2 is 1.90 bits per heavy atom. The fraction of sp³-hybridized carbons (Fsp3) is 0.350. The quantitative estimate of drug-likeness (QED) is 0.325. The van der Waals surface area contributed by atoms with Gasteiger partial charge in [0.2, 0.25) is 5.88 Å². The SMILES string of the molecule is CCCCc1c(C)nc(-n2[nH]c(C)c(N=Nc3ccc([N+](=O)[O-])cc3)c2=O)nc1OC. The molecule has 31 heavy (non-hydrogen) atoms. The van der Waals surface area contributed by atoms with E-state index in [1.54, 1.807) is 6.92 Å². The molecule has 0 bridgehead atoms. The average molecular weight is 425 g/mol. The lowest BCUT2D eigenvalue weighted by molar-refractivity contribution is -0.384. The first-order valence-electron chi connectivity index (χ1n) is 9.75. The number of methoxy groups -OCH3 is 1. The van der Waals surface area contributed by atoms with E-state index in [2.05, 4.69) is 32.2 Å². The fourth-order valence-electron chi connectivity index (χ4n) is 3.01. The summed E-state index contributed by atoms with van der Waals surface area (Å²) in [6.07, 6.45) is 2.80. The van der Waals surface area contributed by atoms with Gasteiger partial charge in [0.05, 0.1) is 23.4 Å². The van der Waals surface area contributed by atoms with Crippen LogP contribution in [0.4, 0.5) is 17.1 Å². The number of unbranched alkanes of at least 4 members (excludes halogenated alkanes) is 1. The molecular weight excluding hydrogens is 402 g/mol. The average Bonchev–Trinajstić information content (AvgIpc) is 3.04. The normalized spacial score (nSPS) is 11.2. The predicted molar refractivity (Wildman–Crippen MR) is 114 cm³/mol. The fourth-order valence-corrected chi connectivity index (χ4v) is 3.01. The van der Waals surface area contributed by atoms with E-state index in [0.717, 1.165) is 30.5 Å². The number of aromatic amines is 1. The Labute approximate surface area is 178 Å². The number of rotatable bonds is 8. The van der Waals surface area contributed by atoms with E-state index in [0.29, 0.717) is 17.3 Å². The molecule has 162 valence electrons. The third kappa shape index (κ3) is 4.65. The number of aryl methyl sites for hydroxylation is 2. The van der Waals surface area contributed by atoms with Gasteiger partial charge in [0.25, 0.3) is 11.6 Å². The van der Waals surface area contributed by atoms with E-state index in [9.17, 15) is 14.9 Å². The van der Waals surface area contributed by atoms with Crippen LogP contribution in [0.5, 0.6) is 5.88 Å². The number of benzene rings is 1. The maximum Gasteiger partial charge on any atom is 0.301 e.